The molecule has 3 saturated heterocycles. The minimum Gasteiger partial charge on any atom is -0.502 e. The van der Waals surface area contributed by atoms with Gasteiger partial charge in [-0.2, -0.15) is 0 Å². The van der Waals surface area contributed by atoms with E-state index in [4.69, 9.17) is 42.6 Å². The van der Waals surface area contributed by atoms with Crippen LogP contribution >= 0.6 is 11.3 Å². The lowest BCUT2D eigenvalue weighted by atomic mass is 9.66. The van der Waals surface area contributed by atoms with Crippen LogP contribution in [0, 0.1) is 11.8 Å². The molecule has 8 rings (SSSR count). The molecule has 244 valence electrons. The van der Waals surface area contributed by atoms with Gasteiger partial charge in [0.05, 0.1) is 44.3 Å². The molecular weight excluding hydrogens is 624 g/mol. The van der Waals surface area contributed by atoms with Crippen LogP contribution in [0.4, 0.5) is 0 Å². The van der Waals surface area contributed by atoms with E-state index in [1.165, 1.54) is 25.6 Å². The zero-order valence-electron chi connectivity index (χ0n) is 24.8. The molecule has 3 aromatic rings. The standard InChI is InChI=1S/C32H32O13S/c1-37-19-6-13(7-20(38-2)25(19)33)23-14-8-17-18(42-12-41-17)9-15(14)28(16-10-39-30(36)24(16)23)44-32-27(35)26(34)29-21(43-32)11-40-31(45-29)22-4-3-5-46-22/h3-9,16,21,23-24,26-29,31-35H,10-12H2,1-2H3/t16-,21?,23+,24-,26+,27?,28+,29-,31?,32-/m0/s1. The number of phenols is 1. The van der Waals surface area contributed by atoms with Gasteiger partial charge in [0.15, 0.2) is 35.6 Å². The minimum absolute atomic E-state index is 0.0242. The number of rotatable bonds is 6. The molecule has 3 unspecified atom stereocenters. The molecule has 13 nitrogen and oxygen atoms in total. The fourth-order valence-corrected chi connectivity index (χ4v) is 7.89. The maximum atomic E-state index is 13.5. The molecule has 0 saturated carbocycles. The average molecular weight is 657 g/mol. The molecule has 10 atom stereocenters. The number of esters is 1. The lowest BCUT2D eigenvalue weighted by Crippen LogP contribution is -2.62. The number of aliphatic hydroxyl groups is 2. The monoisotopic (exact) mass is 656 g/mol. The molecule has 46 heavy (non-hydrogen) atoms. The fourth-order valence-electron chi connectivity index (χ4n) is 7.18. The Balaban J connectivity index is 1.16. The summed E-state index contributed by atoms with van der Waals surface area (Å²) in [4.78, 5) is 14.3. The third kappa shape index (κ3) is 4.70. The molecule has 2 aromatic carbocycles. The number of hydrogen-bond acceptors (Lipinski definition) is 14. The molecule has 1 aromatic heterocycles. The number of aromatic hydroxyl groups is 1. The number of cyclic esters (lactones) is 1. The lowest BCUT2D eigenvalue weighted by molar-refractivity contribution is -0.368. The van der Waals surface area contributed by atoms with Gasteiger partial charge < -0.3 is 58.0 Å². The van der Waals surface area contributed by atoms with Gasteiger partial charge in [-0.25, -0.2) is 0 Å². The van der Waals surface area contributed by atoms with Crippen LogP contribution in [0.5, 0.6) is 28.7 Å². The molecule has 0 spiro atoms. The topological polar surface area (TPSA) is 161 Å². The quantitative estimate of drug-likeness (QED) is 0.333. The van der Waals surface area contributed by atoms with Crippen LogP contribution in [-0.2, 0) is 28.5 Å². The minimum atomic E-state index is -1.47. The number of ether oxygens (including phenoxy) is 9. The highest BCUT2D eigenvalue weighted by molar-refractivity contribution is 7.10. The molecule has 5 heterocycles. The average Bonchev–Trinajstić information content (AvgIpc) is 3.85. The van der Waals surface area contributed by atoms with Gasteiger partial charge in [0, 0.05) is 11.8 Å². The third-order valence-electron chi connectivity index (χ3n) is 9.37. The van der Waals surface area contributed by atoms with Gasteiger partial charge in [-0.05, 0) is 52.4 Å². The normalized spacial score (nSPS) is 34.3. The SMILES string of the molecule is COc1cc([C@@H]2c3cc4c(cc3[C@@H](O[C@@H]3OC5COC(c6cccs6)O[C@@H]5[C@H](O)C3O)[C@H]3COC(=O)[C@H]23)OCO4)cc(OC)c1O. The van der Waals surface area contributed by atoms with Crippen LogP contribution in [0.3, 0.4) is 0 Å². The summed E-state index contributed by atoms with van der Waals surface area (Å²) in [6.45, 7) is 0.171. The number of phenolic OH excluding ortho intramolecular Hbond substituents is 1. The Labute approximate surface area is 267 Å². The zero-order chi connectivity index (χ0) is 31.7. The van der Waals surface area contributed by atoms with Gasteiger partial charge in [-0.1, -0.05) is 6.07 Å². The second kappa shape index (κ2) is 11.6. The van der Waals surface area contributed by atoms with Crippen molar-refractivity contribution in [1.82, 2.24) is 0 Å². The first kappa shape index (κ1) is 29.8. The van der Waals surface area contributed by atoms with Crippen LogP contribution in [0.15, 0.2) is 41.8 Å². The largest absolute Gasteiger partial charge is 0.502 e. The van der Waals surface area contributed by atoms with Crippen molar-refractivity contribution in [2.24, 2.45) is 11.8 Å². The first-order chi connectivity index (χ1) is 22.4. The Morgan fingerprint density at radius 3 is 2.35 bits per heavy atom. The van der Waals surface area contributed by atoms with Crippen molar-refractivity contribution in [2.45, 2.75) is 49.0 Å². The van der Waals surface area contributed by atoms with Gasteiger partial charge in [0.25, 0.3) is 0 Å². The third-order valence-corrected chi connectivity index (χ3v) is 10.3. The number of thiophene rings is 1. The molecule has 0 amide bonds. The van der Waals surface area contributed by atoms with E-state index >= 15 is 0 Å². The Kier molecular flexibility index (Phi) is 7.48. The van der Waals surface area contributed by atoms with Crippen molar-refractivity contribution in [3.05, 3.63) is 63.3 Å². The van der Waals surface area contributed by atoms with Crippen molar-refractivity contribution < 1.29 is 62.7 Å². The van der Waals surface area contributed by atoms with E-state index in [1.54, 1.807) is 18.2 Å². The van der Waals surface area contributed by atoms with Crippen LogP contribution in [0.1, 0.15) is 39.9 Å². The second-order valence-electron chi connectivity index (χ2n) is 11.8. The fraction of sp³-hybridized carbons (Fsp3) is 0.469. The smallest absolute Gasteiger partial charge is 0.310 e. The predicted molar refractivity (Wildman–Crippen MR) is 156 cm³/mol. The van der Waals surface area contributed by atoms with Gasteiger partial charge in [-0.3, -0.25) is 4.79 Å². The Bertz CT molecular complexity index is 1600. The molecule has 3 N–H and O–H groups in total. The molecular formula is C32H32O13S. The van der Waals surface area contributed by atoms with Crippen molar-refractivity contribution >= 4 is 17.3 Å². The van der Waals surface area contributed by atoms with Gasteiger partial charge in [0.2, 0.25) is 12.5 Å². The maximum Gasteiger partial charge on any atom is 0.310 e. The molecule has 0 bridgehead atoms. The molecule has 0 radical (unpaired) electrons. The lowest BCUT2D eigenvalue weighted by Gasteiger charge is -2.48. The number of methoxy groups -OCH3 is 2. The van der Waals surface area contributed by atoms with E-state index in [1.807, 2.05) is 23.6 Å². The highest BCUT2D eigenvalue weighted by Gasteiger charge is 2.56. The Hall–Kier alpha value is -3.63. The molecule has 3 fully saturated rings. The number of benzene rings is 2. The van der Waals surface area contributed by atoms with Crippen molar-refractivity contribution in [2.75, 3.05) is 34.2 Å². The summed E-state index contributed by atoms with van der Waals surface area (Å²) in [6, 6.07) is 10.7. The van der Waals surface area contributed by atoms with Gasteiger partial charge >= 0.3 is 5.97 Å². The Morgan fingerprint density at radius 1 is 0.913 bits per heavy atom. The van der Waals surface area contributed by atoms with E-state index in [0.29, 0.717) is 28.2 Å². The van der Waals surface area contributed by atoms with E-state index in [0.717, 1.165) is 4.88 Å². The number of carbonyl (C=O) groups excluding carboxylic acids is 1. The van der Waals surface area contributed by atoms with Crippen molar-refractivity contribution in [3.8, 4) is 28.7 Å². The number of fused-ring (bicyclic) bond motifs is 4. The van der Waals surface area contributed by atoms with Crippen LogP contribution in [0.2, 0.25) is 0 Å². The highest BCUT2D eigenvalue weighted by Crippen LogP contribution is 2.57. The molecule has 4 aliphatic heterocycles. The summed E-state index contributed by atoms with van der Waals surface area (Å²) in [6.07, 6.45) is -7.16. The summed E-state index contributed by atoms with van der Waals surface area (Å²) >= 11 is 1.46. The van der Waals surface area contributed by atoms with E-state index < -0.39 is 66.8 Å². The summed E-state index contributed by atoms with van der Waals surface area (Å²) < 4.78 is 52.6. The molecule has 5 aliphatic rings. The van der Waals surface area contributed by atoms with Crippen molar-refractivity contribution in [3.63, 3.8) is 0 Å². The first-order valence-corrected chi connectivity index (χ1v) is 15.8. The summed E-state index contributed by atoms with van der Waals surface area (Å²) in [5.74, 6) is -1.08. The number of carbonyl (C=O) groups is 1. The number of hydrogen-bond donors (Lipinski definition) is 3. The summed E-state index contributed by atoms with van der Waals surface area (Å²) in [5.41, 5.74) is 2.00. The van der Waals surface area contributed by atoms with E-state index in [-0.39, 0.29) is 37.3 Å². The van der Waals surface area contributed by atoms with Crippen molar-refractivity contribution in [1.29, 1.82) is 0 Å². The molecule has 14 heteroatoms. The van der Waals surface area contributed by atoms with Gasteiger partial charge in [-0.15, -0.1) is 11.3 Å². The Morgan fingerprint density at radius 2 is 1.65 bits per heavy atom. The summed E-state index contributed by atoms with van der Waals surface area (Å²) in [7, 11) is 2.86. The van der Waals surface area contributed by atoms with Crippen LogP contribution in [-0.4, -0.2) is 86.2 Å². The van der Waals surface area contributed by atoms with Crippen LogP contribution in [0.25, 0.3) is 0 Å². The van der Waals surface area contributed by atoms with Gasteiger partial charge in [0.1, 0.15) is 24.4 Å². The molecule has 1 aliphatic carbocycles. The van der Waals surface area contributed by atoms with E-state index in [2.05, 4.69) is 0 Å². The van der Waals surface area contributed by atoms with E-state index in [9.17, 15) is 20.1 Å². The first-order valence-electron chi connectivity index (χ1n) is 14.9. The predicted octanol–water partition coefficient (Wildman–Crippen LogP) is 2.75. The second-order valence-corrected chi connectivity index (χ2v) is 12.7. The number of aliphatic hydroxyl groups excluding tert-OH is 2. The maximum absolute atomic E-state index is 13.5. The summed E-state index contributed by atoms with van der Waals surface area (Å²) in [5, 5.41) is 35.0. The van der Waals surface area contributed by atoms with Crippen LogP contribution < -0.4 is 18.9 Å². The zero-order valence-corrected chi connectivity index (χ0v) is 25.6. The highest BCUT2D eigenvalue weighted by atomic mass is 32.1.